The van der Waals surface area contributed by atoms with Crippen molar-refractivity contribution >= 4 is 34.5 Å². The largest absolute Gasteiger partial charge is 0.368 e. The number of likely N-dealkylation sites (N-methyl/N-ethyl adjacent to an activating group) is 1. The van der Waals surface area contributed by atoms with Crippen LogP contribution in [0, 0.1) is 6.92 Å². The van der Waals surface area contributed by atoms with E-state index in [2.05, 4.69) is 15.4 Å². The van der Waals surface area contributed by atoms with Gasteiger partial charge in [-0.05, 0) is 45.0 Å². The van der Waals surface area contributed by atoms with E-state index in [0.717, 1.165) is 23.3 Å². The summed E-state index contributed by atoms with van der Waals surface area (Å²) < 4.78 is 3.59. The molecule has 0 unspecified atom stereocenters. The predicted molar refractivity (Wildman–Crippen MR) is 116 cm³/mol. The Bertz CT molecular complexity index is 1070. The number of hydrogen-bond donors (Lipinski definition) is 3. The van der Waals surface area contributed by atoms with Crippen molar-refractivity contribution in [2.24, 2.45) is 11.5 Å². The number of benzene rings is 1. The number of rotatable bonds is 9. The third kappa shape index (κ3) is 4.28. The number of carbonyl (C=O) groups excluding carboxylic acids is 2. The second-order valence-electron chi connectivity index (χ2n) is 7.14. The first-order chi connectivity index (χ1) is 14.3. The van der Waals surface area contributed by atoms with Gasteiger partial charge in [-0.1, -0.05) is 6.07 Å². The van der Waals surface area contributed by atoms with Gasteiger partial charge in [0.15, 0.2) is 0 Å². The van der Waals surface area contributed by atoms with Crippen molar-refractivity contribution in [3.63, 3.8) is 0 Å². The number of primary amides is 1. The molecule has 3 aromatic rings. The minimum absolute atomic E-state index is 0.0609. The predicted octanol–water partition coefficient (Wildman–Crippen LogP) is 1.08. The van der Waals surface area contributed by atoms with Gasteiger partial charge in [-0.3, -0.25) is 19.6 Å². The Balaban J connectivity index is 2.04. The third-order valence-corrected chi connectivity index (χ3v) is 4.81. The van der Waals surface area contributed by atoms with Crippen LogP contribution in [0.3, 0.4) is 0 Å². The molecule has 0 fully saturated rings. The summed E-state index contributed by atoms with van der Waals surface area (Å²) in [4.78, 5) is 30.8. The van der Waals surface area contributed by atoms with Gasteiger partial charge in [0.2, 0.25) is 11.9 Å². The van der Waals surface area contributed by atoms with Crippen LogP contribution in [-0.2, 0) is 17.9 Å². The first-order valence-electron chi connectivity index (χ1n) is 9.90. The second-order valence-corrected chi connectivity index (χ2v) is 7.14. The molecule has 2 amide bonds. The molecule has 10 heteroatoms. The van der Waals surface area contributed by atoms with Crippen molar-refractivity contribution in [2.75, 3.05) is 30.4 Å². The fourth-order valence-corrected chi connectivity index (χ4v) is 3.47. The highest BCUT2D eigenvalue weighted by atomic mass is 16.2. The molecule has 2 aromatic heterocycles. The number of anilines is 2. The normalized spacial score (nSPS) is 11.1. The summed E-state index contributed by atoms with van der Waals surface area (Å²) >= 11 is 0. The molecule has 0 aliphatic heterocycles. The van der Waals surface area contributed by atoms with Gasteiger partial charge in [-0.2, -0.15) is 5.10 Å². The van der Waals surface area contributed by atoms with E-state index in [9.17, 15) is 9.59 Å². The van der Waals surface area contributed by atoms with Crippen molar-refractivity contribution in [2.45, 2.75) is 33.4 Å². The highest BCUT2D eigenvalue weighted by Gasteiger charge is 2.20. The van der Waals surface area contributed by atoms with Gasteiger partial charge in [-0.25, -0.2) is 4.98 Å². The molecule has 2 heterocycles. The van der Waals surface area contributed by atoms with E-state index in [1.807, 2.05) is 36.6 Å². The second kappa shape index (κ2) is 8.95. The fourth-order valence-electron chi connectivity index (χ4n) is 3.47. The Kier molecular flexibility index (Phi) is 6.36. The average molecular weight is 412 g/mol. The number of aromatic nitrogens is 4. The number of amides is 2. The average Bonchev–Trinajstić information content (AvgIpc) is 3.25. The molecular formula is C20H28N8O2. The lowest BCUT2D eigenvalue weighted by molar-refractivity contribution is -0.116. The minimum atomic E-state index is -0.436. The quantitative estimate of drug-likeness (QED) is 0.481. The highest BCUT2D eigenvalue weighted by Crippen LogP contribution is 2.29. The number of nitrogens with two attached hydrogens (primary N) is 2. The van der Waals surface area contributed by atoms with Gasteiger partial charge in [0, 0.05) is 20.1 Å². The van der Waals surface area contributed by atoms with Crippen LogP contribution in [-0.4, -0.2) is 51.3 Å². The molecule has 0 bridgehead atoms. The fraction of sp³-hybridized carbons (Fsp3) is 0.400. The number of nitrogens with zero attached hydrogens (tertiary/aromatic N) is 5. The zero-order valence-electron chi connectivity index (χ0n) is 17.6. The maximum Gasteiger partial charge on any atom is 0.276 e. The molecule has 0 saturated carbocycles. The first-order valence-corrected chi connectivity index (χ1v) is 9.90. The van der Waals surface area contributed by atoms with E-state index in [-0.39, 0.29) is 12.5 Å². The maximum atomic E-state index is 13.0. The molecule has 160 valence electrons. The maximum absolute atomic E-state index is 13.0. The number of para-hydroxylation sites is 1. The van der Waals surface area contributed by atoms with Crippen molar-refractivity contribution in [3.8, 4) is 0 Å². The monoisotopic (exact) mass is 412 g/mol. The molecule has 0 radical (unpaired) electrons. The summed E-state index contributed by atoms with van der Waals surface area (Å²) in [5.74, 6) is -0.299. The van der Waals surface area contributed by atoms with Gasteiger partial charge in [0.05, 0.1) is 23.4 Å². The summed E-state index contributed by atoms with van der Waals surface area (Å²) in [5, 5.41) is 7.25. The van der Waals surface area contributed by atoms with Gasteiger partial charge in [-0.15, -0.1) is 0 Å². The molecular weight excluding hydrogens is 384 g/mol. The van der Waals surface area contributed by atoms with E-state index in [4.69, 9.17) is 11.5 Å². The molecule has 10 nitrogen and oxygen atoms in total. The summed E-state index contributed by atoms with van der Waals surface area (Å²) in [6, 6.07) is 7.43. The summed E-state index contributed by atoms with van der Waals surface area (Å²) in [6.07, 6.45) is 0.724. The summed E-state index contributed by atoms with van der Waals surface area (Å²) in [5.41, 5.74) is 14.6. The number of imidazole rings is 1. The van der Waals surface area contributed by atoms with E-state index in [1.165, 1.54) is 0 Å². The minimum Gasteiger partial charge on any atom is -0.368 e. The Labute approximate surface area is 174 Å². The van der Waals surface area contributed by atoms with Gasteiger partial charge in [0.1, 0.15) is 11.2 Å². The first kappa shape index (κ1) is 21.3. The number of aryl methyl sites for hydroxylation is 3. The number of hydrogen-bond acceptors (Lipinski definition) is 6. The Hall–Kier alpha value is -3.40. The van der Waals surface area contributed by atoms with Crippen molar-refractivity contribution < 1.29 is 9.59 Å². The van der Waals surface area contributed by atoms with Crippen LogP contribution in [0.4, 0.5) is 11.6 Å². The molecule has 3 rings (SSSR count). The van der Waals surface area contributed by atoms with Gasteiger partial charge in [0.25, 0.3) is 5.91 Å². The lowest BCUT2D eigenvalue weighted by atomic mass is 10.2. The van der Waals surface area contributed by atoms with Crippen molar-refractivity contribution in [3.05, 3.63) is 35.7 Å². The lowest BCUT2D eigenvalue weighted by Gasteiger charge is -2.17. The molecule has 0 aliphatic rings. The van der Waals surface area contributed by atoms with Crippen LogP contribution in [0.1, 0.15) is 29.5 Å². The van der Waals surface area contributed by atoms with E-state index in [1.54, 1.807) is 22.7 Å². The Morgan fingerprint density at radius 2 is 2.07 bits per heavy atom. The van der Waals surface area contributed by atoms with Crippen molar-refractivity contribution in [1.82, 2.24) is 19.3 Å². The van der Waals surface area contributed by atoms with Crippen LogP contribution in [0.5, 0.6) is 0 Å². The van der Waals surface area contributed by atoms with E-state index in [0.29, 0.717) is 36.8 Å². The number of fused-ring (bicyclic) bond motifs is 1. The third-order valence-electron chi connectivity index (χ3n) is 4.81. The van der Waals surface area contributed by atoms with Crippen LogP contribution in [0.2, 0.25) is 0 Å². The van der Waals surface area contributed by atoms with Gasteiger partial charge >= 0.3 is 0 Å². The van der Waals surface area contributed by atoms with Crippen LogP contribution in [0.25, 0.3) is 11.0 Å². The number of nitrogens with one attached hydrogen (secondary N) is 1. The smallest absolute Gasteiger partial charge is 0.276 e. The summed E-state index contributed by atoms with van der Waals surface area (Å²) in [6.45, 7) is 5.53. The Morgan fingerprint density at radius 1 is 1.30 bits per heavy atom. The standard InChI is InChI=1S/C20H28N8O2/c1-4-28-16(11-13(2)25-28)19(30)24-20-23-18-14(26(3)12-17(22)29)7-5-8-15(18)27(20)10-6-9-21/h5,7-8,11H,4,6,9-10,12,21H2,1-3H3,(H2,22,29)(H,23,24,30). The van der Waals surface area contributed by atoms with Crippen LogP contribution >= 0.6 is 0 Å². The molecule has 0 spiro atoms. The zero-order valence-corrected chi connectivity index (χ0v) is 17.6. The zero-order chi connectivity index (χ0) is 21.8. The molecule has 0 saturated heterocycles. The summed E-state index contributed by atoms with van der Waals surface area (Å²) in [7, 11) is 1.78. The molecule has 0 aliphatic carbocycles. The number of carbonyl (C=O) groups is 2. The highest BCUT2D eigenvalue weighted by molar-refractivity contribution is 6.03. The molecule has 30 heavy (non-hydrogen) atoms. The van der Waals surface area contributed by atoms with Crippen molar-refractivity contribution in [1.29, 1.82) is 0 Å². The Morgan fingerprint density at radius 3 is 2.73 bits per heavy atom. The van der Waals surface area contributed by atoms with E-state index < -0.39 is 5.91 Å². The van der Waals surface area contributed by atoms with Crippen LogP contribution in [0.15, 0.2) is 24.3 Å². The molecule has 0 atom stereocenters. The SMILES string of the molecule is CCn1nc(C)cc1C(=O)Nc1nc2c(N(C)CC(N)=O)cccc2n1CCCN. The van der Waals surface area contributed by atoms with E-state index >= 15 is 0 Å². The van der Waals surface area contributed by atoms with Gasteiger partial charge < -0.3 is 20.9 Å². The van der Waals surface area contributed by atoms with Crippen LogP contribution < -0.4 is 21.7 Å². The molecule has 1 aromatic carbocycles. The topological polar surface area (TPSA) is 137 Å². The molecule has 5 N–H and O–H groups in total. The lowest BCUT2D eigenvalue weighted by Crippen LogP contribution is -2.30.